The lowest BCUT2D eigenvalue weighted by molar-refractivity contribution is 0.0937. The number of pyridine rings is 1. The van der Waals surface area contributed by atoms with Gasteiger partial charge in [0.25, 0.3) is 5.91 Å². The molecule has 3 aromatic rings. The van der Waals surface area contributed by atoms with Crippen LogP contribution in [0.1, 0.15) is 66.6 Å². The van der Waals surface area contributed by atoms with Gasteiger partial charge < -0.3 is 5.32 Å². The fourth-order valence-corrected chi connectivity index (χ4v) is 5.71. The molecule has 2 saturated carbocycles. The Bertz CT molecular complexity index is 1330. The topological polar surface area (TPSA) is 107 Å². The maximum atomic E-state index is 13.0. The number of hydrogen-bond donors (Lipinski definition) is 1. The van der Waals surface area contributed by atoms with Crippen LogP contribution in [-0.2, 0) is 9.84 Å². The average Bonchev–Trinajstić information content (AvgIpc) is 3.70. The van der Waals surface area contributed by atoms with Gasteiger partial charge in [-0.05, 0) is 62.9 Å². The number of benzene rings is 1. The first-order chi connectivity index (χ1) is 15.7. The van der Waals surface area contributed by atoms with E-state index in [0.717, 1.165) is 12.8 Å². The molecule has 11 heteroatoms. The third-order valence-corrected chi connectivity index (χ3v) is 8.36. The van der Waals surface area contributed by atoms with Crippen LogP contribution in [0.3, 0.4) is 0 Å². The fraction of sp³-hybridized carbons (Fsp3) is 0.364. The summed E-state index contributed by atoms with van der Waals surface area (Å²) in [5.74, 6) is 1.62. The summed E-state index contributed by atoms with van der Waals surface area (Å²) in [6.45, 7) is 1.79. The Hall–Kier alpha value is -2.49. The standard InChI is InChI=1S/C22H21Cl2N5O3S/c1-12(21-27-20(13-2-3-13)28-29(21)19-7-4-15(23)11-25-19)26-22(30)14-8-16(24)10-18(9-14)33(31,32)17-5-6-17/h4,7-13,17H,2-3,5-6H2,1H3,(H,26,30)/t12-/m0/s1. The molecule has 5 rings (SSSR count). The average molecular weight is 506 g/mol. The first-order valence-corrected chi connectivity index (χ1v) is 13.0. The molecule has 0 radical (unpaired) electrons. The van der Waals surface area contributed by atoms with E-state index in [2.05, 4.69) is 20.4 Å². The highest BCUT2D eigenvalue weighted by Crippen LogP contribution is 2.39. The molecule has 0 aliphatic heterocycles. The number of halogens is 2. The van der Waals surface area contributed by atoms with Crippen LogP contribution in [0, 0.1) is 0 Å². The third kappa shape index (κ3) is 4.62. The van der Waals surface area contributed by atoms with E-state index in [4.69, 9.17) is 23.2 Å². The van der Waals surface area contributed by atoms with Crippen molar-refractivity contribution in [3.05, 3.63) is 63.8 Å². The Balaban J connectivity index is 1.43. The number of nitrogens with zero attached hydrogens (tertiary/aromatic N) is 4. The summed E-state index contributed by atoms with van der Waals surface area (Å²) < 4.78 is 26.9. The summed E-state index contributed by atoms with van der Waals surface area (Å²) in [7, 11) is -3.48. The van der Waals surface area contributed by atoms with Crippen LogP contribution in [0.15, 0.2) is 41.4 Å². The maximum Gasteiger partial charge on any atom is 0.251 e. The number of aromatic nitrogens is 4. The van der Waals surface area contributed by atoms with Gasteiger partial charge in [-0.15, -0.1) is 5.10 Å². The molecule has 2 aliphatic carbocycles. The van der Waals surface area contributed by atoms with E-state index >= 15 is 0 Å². The molecule has 1 N–H and O–H groups in total. The van der Waals surface area contributed by atoms with Gasteiger partial charge in [0, 0.05) is 22.7 Å². The van der Waals surface area contributed by atoms with Crippen molar-refractivity contribution in [2.24, 2.45) is 0 Å². The normalized spacial score (nSPS) is 17.1. The van der Waals surface area contributed by atoms with E-state index in [1.807, 2.05) is 0 Å². The predicted octanol–water partition coefficient (Wildman–Crippen LogP) is 4.27. The van der Waals surface area contributed by atoms with E-state index in [0.29, 0.717) is 41.2 Å². The quantitative estimate of drug-likeness (QED) is 0.513. The number of carbonyl (C=O) groups excluding carboxylic acids is 1. The number of sulfone groups is 1. The van der Waals surface area contributed by atoms with Crippen LogP contribution in [0.4, 0.5) is 0 Å². The highest BCUT2D eigenvalue weighted by atomic mass is 35.5. The Morgan fingerprint density at radius 2 is 1.88 bits per heavy atom. The van der Waals surface area contributed by atoms with Crippen molar-refractivity contribution >= 4 is 38.9 Å². The second kappa shape index (κ2) is 8.38. The zero-order valence-electron chi connectivity index (χ0n) is 17.7. The second-order valence-electron chi connectivity index (χ2n) is 8.46. The molecular weight excluding hydrogens is 485 g/mol. The molecule has 1 amide bonds. The van der Waals surface area contributed by atoms with Crippen molar-refractivity contribution < 1.29 is 13.2 Å². The summed E-state index contributed by atoms with van der Waals surface area (Å²) in [5, 5.41) is 7.80. The lowest BCUT2D eigenvalue weighted by Gasteiger charge is -2.15. The molecule has 2 aliphatic rings. The molecule has 172 valence electrons. The maximum absolute atomic E-state index is 13.0. The van der Waals surface area contributed by atoms with Crippen molar-refractivity contribution in [2.75, 3.05) is 0 Å². The molecule has 8 nitrogen and oxygen atoms in total. The third-order valence-electron chi connectivity index (χ3n) is 5.68. The van der Waals surface area contributed by atoms with E-state index in [9.17, 15) is 13.2 Å². The Labute approximate surface area is 201 Å². The highest BCUT2D eigenvalue weighted by molar-refractivity contribution is 7.92. The number of amides is 1. The molecular formula is C22H21Cl2N5O3S. The molecule has 33 heavy (non-hydrogen) atoms. The number of nitrogens with one attached hydrogen (secondary N) is 1. The number of hydrogen-bond acceptors (Lipinski definition) is 6. The fourth-order valence-electron chi connectivity index (χ4n) is 3.57. The minimum atomic E-state index is -3.48. The van der Waals surface area contributed by atoms with E-state index in [-0.39, 0.29) is 15.5 Å². The van der Waals surface area contributed by atoms with Gasteiger partial charge in [-0.25, -0.2) is 18.4 Å². The first-order valence-electron chi connectivity index (χ1n) is 10.7. The molecule has 2 fully saturated rings. The molecule has 1 atom stereocenters. The monoisotopic (exact) mass is 505 g/mol. The van der Waals surface area contributed by atoms with Gasteiger partial charge in [-0.3, -0.25) is 4.79 Å². The molecule has 2 heterocycles. The van der Waals surface area contributed by atoms with E-state index in [1.54, 1.807) is 23.7 Å². The number of rotatable bonds is 7. The molecule has 1 aromatic carbocycles. The van der Waals surface area contributed by atoms with Crippen LogP contribution >= 0.6 is 23.2 Å². The van der Waals surface area contributed by atoms with Gasteiger partial charge in [0.2, 0.25) is 0 Å². The lowest BCUT2D eigenvalue weighted by Crippen LogP contribution is -2.29. The molecule has 0 spiro atoms. The minimum absolute atomic E-state index is 0.0693. The van der Waals surface area contributed by atoms with E-state index in [1.165, 1.54) is 24.4 Å². The Morgan fingerprint density at radius 3 is 2.52 bits per heavy atom. The highest BCUT2D eigenvalue weighted by Gasteiger charge is 2.37. The summed E-state index contributed by atoms with van der Waals surface area (Å²) >= 11 is 12.1. The zero-order valence-corrected chi connectivity index (χ0v) is 20.0. The van der Waals surface area contributed by atoms with Crippen molar-refractivity contribution in [1.29, 1.82) is 0 Å². The first kappa shape index (κ1) is 22.3. The molecule has 0 saturated heterocycles. The van der Waals surface area contributed by atoms with Gasteiger partial charge in [-0.1, -0.05) is 23.2 Å². The molecule has 0 unspecified atom stereocenters. The Kier molecular flexibility index (Phi) is 5.66. The van der Waals surface area contributed by atoms with Crippen LogP contribution in [0.5, 0.6) is 0 Å². The van der Waals surface area contributed by atoms with Crippen LogP contribution in [0.2, 0.25) is 10.0 Å². The molecule has 0 bridgehead atoms. The SMILES string of the molecule is C[C@H](NC(=O)c1cc(Cl)cc(S(=O)(=O)C2CC2)c1)c1nc(C2CC2)nn1-c1ccc(Cl)cn1. The second-order valence-corrected chi connectivity index (χ2v) is 11.6. The summed E-state index contributed by atoms with van der Waals surface area (Å²) in [6, 6.07) is 7.14. The van der Waals surface area contributed by atoms with Crippen LogP contribution < -0.4 is 5.32 Å². The smallest absolute Gasteiger partial charge is 0.251 e. The Morgan fingerprint density at radius 1 is 1.12 bits per heavy atom. The van der Waals surface area contributed by atoms with Crippen LogP contribution in [0.25, 0.3) is 5.82 Å². The van der Waals surface area contributed by atoms with Crippen LogP contribution in [-0.4, -0.2) is 39.3 Å². The van der Waals surface area contributed by atoms with Crippen molar-refractivity contribution in [2.45, 2.75) is 54.7 Å². The van der Waals surface area contributed by atoms with Crippen molar-refractivity contribution in [3.8, 4) is 5.82 Å². The van der Waals surface area contributed by atoms with Gasteiger partial charge in [0.15, 0.2) is 27.3 Å². The van der Waals surface area contributed by atoms with Gasteiger partial charge >= 0.3 is 0 Å². The van der Waals surface area contributed by atoms with Gasteiger partial charge in [0.05, 0.1) is 21.2 Å². The van der Waals surface area contributed by atoms with Gasteiger partial charge in [-0.2, -0.15) is 4.68 Å². The lowest BCUT2D eigenvalue weighted by atomic mass is 10.2. The minimum Gasteiger partial charge on any atom is -0.342 e. The largest absolute Gasteiger partial charge is 0.342 e. The summed E-state index contributed by atoms with van der Waals surface area (Å²) in [5.41, 5.74) is 0.173. The summed E-state index contributed by atoms with van der Waals surface area (Å²) in [6.07, 6.45) is 4.84. The predicted molar refractivity (Wildman–Crippen MR) is 124 cm³/mol. The van der Waals surface area contributed by atoms with E-state index < -0.39 is 27.0 Å². The molecule has 2 aromatic heterocycles. The van der Waals surface area contributed by atoms with Gasteiger partial charge in [0.1, 0.15) is 0 Å². The number of carbonyl (C=O) groups is 1. The van der Waals surface area contributed by atoms with Crippen molar-refractivity contribution in [3.63, 3.8) is 0 Å². The van der Waals surface area contributed by atoms with Crippen molar-refractivity contribution in [1.82, 2.24) is 25.1 Å². The summed E-state index contributed by atoms with van der Waals surface area (Å²) in [4.78, 5) is 22.1. The zero-order chi connectivity index (χ0) is 23.3.